The summed E-state index contributed by atoms with van der Waals surface area (Å²) in [6.45, 7) is 4.81. The molecule has 0 radical (unpaired) electrons. The van der Waals surface area contributed by atoms with Crippen molar-refractivity contribution in [3.63, 3.8) is 0 Å². The fourth-order valence-electron chi connectivity index (χ4n) is 2.29. The van der Waals surface area contributed by atoms with Gasteiger partial charge in [-0.15, -0.1) is 0 Å². The van der Waals surface area contributed by atoms with Crippen LogP contribution in [0.15, 0.2) is 11.8 Å². The Balaban J connectivity index is 3.05. The standard InChI is InChI=1S/C15H20O8/c1-8(16)20-7-12-5-13(21-9(2)17)6-14(22-10(3)18)15(12)23-11(4)19/h5,12,14-15H,6-7H2,1-4H3. The zero-order valence-electron chi connectivity index (χ0n) is 13.5. The molecule has 0 bridgehead atoms. The molecule has 0 amide bonds. The lowest BCUT2D eigenvalue weighted by molar-refractivity contribution is -0.173. The lowest BCUT2D eigenvalue weighted by Gasteiger charge is -2.34. The maximum absolute atomic E-state index is 11.3. The van der Waals surface area contributed by atoms with Gasteiger partial charge in [0.15, 0.2) is 0 Å². The molecule has 0 spiro atoms. The number of carbonyl (C=O) groups is 4. The molecule has 1 aliphatic carbocycles. The lowest BCUT2D eigenvalue weighted by Crippen LogP contribution is -2.44. The Bertz CT molecular complexity index is 522. The van der Waals surface area contributed by atoms with E-state index in [0.717, 1.165) is 0 Å². The summed E-state index contributed by atoms with van der Waals surface area (Å²) in [7, 11) is 0. The van der Waals surface area contributed by atoms with E-state index < -0.39 is 42.0 Å². The fraction of sp³-hybridized carbons (Fsp3) is 0.600. The second kappa shape index (κ2) is 8.30. The molecule has 0 aromatic heterocycles. The van der Waals surface area contributed by atoms with Gasteiger partial charge in [0.25, 0.3) is 0 Å². The van der Waals surface area contributed by atoms with Crippen molar-refractivity contribution in [2.24, 2.45) is 5.92 Å². The zero-order valence-corrected chi connectivity index (χ0v) is 13.5. The van der Waals surface area contributed by atoms with Gasteiger partial charge in [0, 0.05) is 34.1 Å². The van der Waals surface area contributed by atoms with Crippen LogP contribution in [0.4, 0.5) is 0 Å². The first kappa shape index (κ1) is 18.7. The van der Waals surface area contributed by atoms with Crippen LogP contribution in [0.2, 0.25) is 0 Å². The Morgan fingerprint density at radius 3 is 2.04 bits per heavy atom. The van der Waals surface area contributed by atoms with Gasteiger partial charge in [0.1, 0.15) is 24.6 Å². The van der Waals surface area contributed by atoms with Crippen LogP contribution in [0.5, 0.6) is 0 Å². The van der Waals surface area contributed by atoms with E-state index in [-0.39, 0.29) is 18.8 Å². The molecule has 1 rings (SSSR count). The van der Waals surface area contributed by atoms with E-state index in [1.807, 2.05) is 0 Å². The van der Waals surface area contributed by atoms with Gasteiger partial charge >= 0.3 is 23.9 Å². The normalized spacial score (nSPS) is 23.3. The van der Waals surface area contributed by atoms with Crippen molar-refractivity contribution in [3.8, 4) is 0 Å². The third-order valence-electron chi connectivity index (χ3n) is 2.96. The van der Waals surface area contributed by atoms with Gasteiger partial charge in [-0.2, -0.15) is 0 Å². The highest BCUT2D eigenvalue weighted by molar-refractivity contribution is 5.68. The summed E-state index contributed by atoms with van der Waals surface area (Å²) in [5.41, 5.74) is 0. The predicted molar refractivity (Wildman–Crippen MR) is 75.7 cm³/mol. The summed E-state index contributed by atoms with van der Waals surface area (Å²) >= 11 is 0. The maximum Gasteiger partial charge on any atom is 0.307 e. The average Bonchev–Trinajstić information content (AvgIpc) is 2.37. The van der Waals surface area contributed by atoms with E-state index in [1.54, 1.807) is 0 Å². The highest BCUT2D eigenvalue weighted by Gasteiger charge is 2.39. The van der Waals surface area contributed by atoms with Crippen LogP contribution in [-0.2, 0) is 38.1 Å². The molecule has 3 unspecified atom stereocenters. The number of hydrogen-bond donors (Lipinski definition) is 0. The molecular formula is C15H20O8. The molecule has 0 aromatic rings. The molecule has 23 heavy (non-hydrogen) atoms. The van der Waals surface area contributed by atoms with E-state index in [1.165, 1.54) is 33.8 Å². The highest BCUT2D eigenvalue weighted by atomic mass is 16.6. The Hall–Kier alpha value is -2.38. The van der Waals surface area contributed by atoms with Gasteiger partial charge in [0.05, 0.1) is 5.92 Å². The van der Waals surface area contributed by atoms with E-state index >= 15 is 0 Å². The zero-order chi connectivity index (χ0) is 17.6. The second-order valence-corrected chi connectivity index (χ2v) is 5.12. The Labute approximate surface area is 133 Å². The maximum atomic E-state index is 11.3. The summed E-state index contributed by atoms with van der Waals surface area (Å²) in [5.74, 6) is -2.51. The fourth-order valence-corrected chi connectivity index (χ4v) is 2.29. The molecule has 0 heterocycles. The monoisotopic (exact) mass is 328 g/mol. The summed E-state index contributed by atoms with van der Waals surface area (Å²) in [6, 6.07) is 0. The van der Waals surface area contributed by atoms with Gasteiger partial charge in [-0.1, -0.05) is 0 Å². The first-order valence-electron chi connectivity index (χ1n) is 7.06. The van der Waals surface area contributed by atoms with E-state index in [0.29, 0.717) is 0 Å². The van der Waals surface area contributed by atoms with Crippen molar-refractivity contribution in [2.45, 2.75) is 46.3 Å². The molecule has 3 atom stereocenters. The van der Waals surface area contributed by atoms with Crippen molar-refractivity contribution in [2.75, 3.05) is 6.61 Å². The number of ether oxygens (including phenoxy) is 4. The Morgan fingerprint density at radius 2 is 1.57 bits per heavy atom. The molecule has 0 aromatic carbocycles. The lowest BCUT2D eigenvalue weighted by atomic mass is 9.89. The Kier molecular flexibility index (Phi) is 6.74. The summed E-state index contributed by atoms with van der Waals surface area (Å²) in [5, 5.41) is 0. The van der Waals surface area contributed by atoms with Gasteiger partial charge in [0.2, 0.25) is 0 Å². The van der Waals surface area contributed by atoms with Gasteiger partial charge in [-0.3, -0.25) is 19.2 Å². The quantitative estimate of drug-likeness (QED) is 0.541. The van der Waals surface area contributed by atoms with Crippen molar-refractivity contribution >= 4 is 23.9 Å². The van der Waals surface area contributed by atoms with Crippen molar-refractivity contribution in [1.82, 2.24) is 0 Å². The van der Waals surface area contributed by atoms with Crippen LogP contribution in [0.3, 0.4) is 0 Å². The van der Waals surface area contributed by atoms with Crippen LogP contribution >= 0.6 is 0 Å². The third-order valence-corrected chi connectivity index (χ3v) is 2.96. The minimum absolute atomic E-state index is 0.0771. The summed E-state index contributed by atoms with van der Waals surface area (Å²) < 4.78 is 20.4. The van der Waals surface area contributed by atoms with E-state index in [9.17, 15) is 19.2 Å². The van der Waals surface area contributed by atoms with Crippen LogP contribution in [-0.4, -0.2) is 42.7 Å². The summed E-state index contributed by atoms with van der Waals surface area (Å²) in [6.07, 6.45) is -0.0580. The Morgan fingerprint density at radius 1 is 0.957 bits per heavy atom. The third kappa shape index (κ3) is 6.50. The molecule has 0 fully saturated rings. The van der Waals surface area contributed by atoms with Crippen LogP contribution in [0.1, 0.15) is 34.1 Å². The first-order valence-corrected chi connectivity index (χ1v) is 7.06. The minimum Gasteiger partial charge on any atom is -0.465 e. The van der Waals surface area contributed by atoms with Crippen molar-refractivity contribution in [1.29, 1.82) is 0 Å². The van der Waals surface area contributed by atoms with Crippen LogP contribution < -0.4 is 0 Å². The van der Waals surface area contributed by atoms with Crippen molar-refractivity contribution in [3.05, 3.63) is 11.8 Å². The molecular weight excluding hydrogens is 308 g/mol. The van der Waals surface area contributed by atoms with Crippen LogP contribution in [0.25, 0.3) is 0 Å². The van der Waals surface area contributed by atoms with Gasteiger partial charge < -0.3 is 18.9 Å². The number of rotatable bonds is 5. The first-order chi connectivity index (χ1) is 10.7. The predicted octanol–water partition coefficient (Wildman–Crippen LogP) is 0.880. The number of esters is 4. The molecule has 0 saturated carbocycles. The SMILES string of the molecule is CC(=O)OCC1C=C(OC(C)=O)CC(OC(C)=O)C1OC(C)=O. The molecule has 1 aliphatic rings. The van der Waals surface area contributed by atoms with Crippen LogP contribution in [0, 0.1) is 5.92 Å². The van der Waals surface area contributed by atoms with Crippen molar-refractivity contribution < 1.29 is 38.1 Å². The molecule has 0 N–H and O–H groups in total. The molecule has 0 saturated heterocycles. The topological polar surface area (TPSA) is 105 Å². The molecule has 0 aliphatic heterocycles. The average molecular weight is 328 g/mol. The number of carbonyl (C=O) groups excluding carboxylic acids is 4. The minimum atomic E-state index is -0.838. The molecule has 128 valence electrons. The molecule has 8 nitrogen and oxygen atoms in total. The highest BCUT2D eigenvalue weighted by Crippen LogP contribution is 2.30. The van der Waals surface area contributed by atoms with E-state index in [2.05, 4.69) is 0 Å². The van der Waals surface area contributed by atoms with Gasteiger partial charge in [-0.05, 0) is 6.08 Å². The second-order valence-electron chi connectivity index (χ2n) is 5.12. The smallest absolute Gasteiger partial charge is 0.307 e. The number of hydrogen-bond acceptors (Lipinski definition) is 8. The van der Waals surface area contributed by atoms with E-state index in [4.69, 9.17) is 18.9 Å². The molecule has 8 heteroatoms. The largest absolute Gasteiger partial charge is 0.465 e. The van der Waals surface area contributed by atoms with Gasteiger partial charge in [-0.25, -0.2) is 0 Å². The summed E-state index contributed by atoms with van der Waals surface area (Å²) in [4.78, 5) is 44.7.